The predicted octanol–water partition coefficient (Wildman–Crippen LogP) is 2.19. The molecule has 0 spiro atoms. The minimum Gasteiger partial charge on any atom is -0.355 e. The zero-order valence-electron chi connectivity index (χ0n) is 15.7. The molecule has 0 radical (unpaired) electrons. The summed E-state index contributed by atoms with van der Waals surface area (Å²) in [7, 11) is -3.88. The molecule has 2 aromatic carbocycles. The van der Waals surface area contributed by atoms with Gasteiger partial charge in [-0.25, -0.2) is 17.5 Å². The van der Waals surface area contributed by atoms with Crippen LogP contribution in [0.1, 0.15) is 29.8 Å². The Morgan fingerprint density at radius 3 is 2.50 bits per heavy atom. The third-order valence-electron chi connectivity index (χ3n) is 3.84. The highest BCUT2D eigenvalue weighted by atomic mass is 32.2. The van der Waals surface area contributed by atoms with Crippen LogP contribution in [-0.2, 0) is 14.8 Å². The molecule has 0 heterocycles. The van der Waals surface area contributed by atoms with Crippen LogP contribution in [0, 0.1) is 12.7 Å². The molecule has 0 aliphatic rings. The van der Waals surface area contributed by atoms with E-state index in [0.29, 0.717) is 11.3 Å². The van der Waals surface area contributed by atoms with Crippen molar-refractivity contribution in [2.75, 3.05) is 11.9 Å². The molecular weight excluding hydrogens is 385 g/mol. The fourth-order valence-corrected chi connectivity index (χ4v) is 3.69. The summed E-state index contributed by atoms with van der Waals surface area (Å²) in [6.07, 6.45) is 0. The smallest absolute Gasteiger partial charge is 0.255 e. The number of carbonyl (C=O) groups excluding carboxylic acids is 2. The minimum absolute atomic E-state index is 0.0786. The molecule has 150 valence electrons. The number of sulfonamides is 1. The summed E-state index contributed by atoms with van der Waals surface area (Å²) in [6.45, 7) is 4.66. The Bertz CT molecular complexity index is 992. The summed E-state index contributed by atoms with van der Waals surface area (Å²) < 4.78 is 40.8. The van der Waals surface area contributed by atoms with Crippen LogP contribution in [0.15, 0.2) is 47.4 Å². The number of nitrogens with one attached hydrogen (secondary N) is 3. The summed E-state index contributed by atoms with van der Waals surface area (Å²) >= 11 is 0. The van der Waals surface area contributed by atoms with Crippen molar-refractivity contribution >= 4 is 27.5 Å². The van der Waals surface area contributed by atoms with Gasteiger partial charge in [-0.05, 0) is 55.8 Å². The standard InChI is InChI=1S/C19H22FN3O4S/c1-12-9-16(7-8-18(12)20)22-19(25)15-5-4-6-17(10-15)28(26,27)23-13(2)11-21-14(3)24/h4-10,13,23H,11H2,1-3H3,(H,21,24)(H,22,25). The molecule has 2 amide bonds. The zero-order valence-corrected chi connectivity index (χ0v) is 16.6. The molecule has 0 aliphatic carbocycles. The van der Waals surface area contributed by atoms with Crippen LogP contribution in [0.25, 0.3) is 0 Å². The van der Waals surface area contributed by atoms with E-state index in [9.17, 15) is 22.4 Å². The first kappa shape index (κ1) is 21.5. The average Bonchev–Trinajstić information content (AvgIpc) is 2.63. The number of aryl methyl sites for hydroxylation is 1. The molecule has 0 fully saturated rings. The first-order valence-electron chi connectivity index (χ1n) is 8.53. The van der Waals surface area contributed by atoms with E-state index < -0.39 is 22.0 Å². The molecule has 1 atom stereocenters. The molecule has 9 heteroatoms. The Morgan fingerprint density at radius 2 is 1.86 bits per heavy atom. The van der Waals surface area contributed by atoms with Crippen molar-refractivity contribution in [3.63, 3.8) is 0 Å². The van der Waals surface area contributed by atoms with Crippen molar-refractivity contribution in [1.82, 2.24) is 10.0 Å². The maximum Gasteiger partial charge on any atom is 0.255 e. The third-order valence-corrected chi connectivity index (χ3v) is 5.42. The van der Waals surface area contributed by atoms with Gasteiger partial charge >= 0.3 is 0 Å². The molecule has 3 N–H and O–H groups in total. The SMILES string of the molecule is CC(=O)NCC(C)NS(=O)(=O)c1cccc(C(=O)Nc2ccc(F)c(C)c2)c1. The van der Waals surface area contributed by atoms with Crippen LogP contribution in [0.3, 0.4) is 0 Å². The first-order valence-corrected chi connectivity index (χ1v) is 10.0. The minimum atomic E-state index is -3.88. The number of rotatable bonds is 7. The third kappa shape index (κ3) is 5.86. The van der Waals surface area contributed by atoms with E-state index in [0.717, 1.165) is 0 Å². The van der Waals surface area contributed by atoms with Gasteiger partial charge in [0.25, 0.3) is 5.91 Å². The van der Waals surface area contributed by atoms with Gasteiger partial charge in [0.15, 0.2) is 0 Å². The van der Waals surface area contributed by atoms with Crippen LogP contribution < -0.4 is 15.4 Å². The summed E-state index contributed by atoms with van der Waals surface area (Å²) in [6, 6.07) is 9.17. The molecule has 7 nitrogen and oxygen atoms in total. The van der Waals surface area contributed by atoms with Gasteiger partial charge in [0.1, 0.15) is 5.82 Å². The lowest BCUT2D eigenvalue weighted by Gasteiger charge is -2.15. The normalized spacial score (nSPS) is 12.3. The molecule has 0 saturated heterocycles. The molecule has 0 aromatic heterocycles. The number of hydrogen-bond acceptors (Lipinski definition) is 4. The Hall–Kier alpha value is -2.78. The summed E-state index contributed by atoms with van der Waals surface area (Å²) in [5.74, 6) is -1.17. The largest absolute Gasteiger partial charge is 0.355 e. The van der Waals surface area contributed by atoms with Gasteiger partial charge in [-0.15, -0.1) is 0 Å². The molecular formula is C19H22FN3O4S. The van der Waals surface area contributed by atoms with E-state index >= 15 is 0 Å². The monoisotopic (exact) mass is 407 g/mol. The number of amides is 2. The van der Waals surface area contributed by atoms with E-state index in [2.05, 4.69) is 15.4 Å². The molecule has 28 heavy (non-hydrogen) atoms. The van der Waals surface area contributed by atoms with Gasteiger partial charge in [-0.2, -0.15) is 0 Å². The highest BCUT2D eigenvalue weighted by Gasteiger charge is 2.19. The van der Waals surface area contributed by atoms with E-state index in [1.54, 1.807) is 13.8 Å². The molecule has 0 saturated carbocycles. The summed E-state index contributed by atoms with van der Waals surface area (Å²) in [4.78, 5) is 23.3. The van der Waals surface area contributed by atoms with Crippen molar-refractivity contribution in [2.45, 2.75) is 31.7 Å². The molecule has 2 rings (SSSR count). The molecule has 1 unspecified atom stereocenters. The van der Waals surface area contributed by atoms with Crippen LogP contribution in [0.2, 0.25) is 0 Å². The highest BCUT2D eigenvalue weighted by molar-refractivity contribution is 7.89. The van der Waals surface area contributed by atoms with E-state index in [1.807, 2.05) is 0 Å². The maximum absolute atomic E-state index is 13.3. The van der Waals surface area contributed by atoms with Gasteiger partial charge in [0, 0.05) is 30.8 Å². The topological polar surface area (TPSA) is 104 Å². The Kier molecular flexibility index (Phi) is 6.87. The van der Waals surface area contributed by atoms with Crippen LogP contribution in [-0.4, -0.2) is 32.8 Å². The van der Waals surface area contributed by atoms with Gasteiger partial charge in [-0.3, -0.25) is 9.59 Å². The van der Waals surface area contributed by atoms with Gasteiger partial charge < -0.3 is 10.6 Å². The highest BCUT2D eigenvalue weighted by Crippen LogP contribution is 2.17. The van der Waals surface area contributed by atoms with E-state index in [4.69, 9.17) is 0 Å². The van der Waals surface area contributed by atoms with Crippen LogP contribution in [0.5, 0.6) is 0 Å². The first-order chi connectivity index (χ1) is 13.1. The van der Waals surface area contributed by atoms with Crippen LogP contribution in [0.4, 0.5) is 10.1 Å². The number of benzene rings is 2. The average molecular weight is 407 g/mol. The van der Waals surface area contributed by atoms with Gasteiger partial charge in [0.05, 0.1) is 4.90 Å². The fourth-order valence-electron chi connectivity index (χ4n) is 2.40. The van der Waals surface area contributed by atoms with Crippen molar-refractivity contribution < 1.29 is 22.4 Å². The second-order valence-corrected chi connectivity index (χ2v) is 8.12. The second kappa shape index (κ2) is 8.94. The molecule has 0 bridgehead atoms. The lowest BCUT2D eigenvalue weighted by Crippen LogP contribution is -2.41. The van der Waals surface area contributed by atoms with Crippen molar-refractivity contribution in [2.24, 2.45) is 0 Å². The lowest BCUT2D eigenvalue weighted by molar-refractivity contribution is -0.119. The quantitative estimate of drug-likeness (QED) is 0.654. The van der Waals surface area contributed by atoms with Crippen LogP contribution >= 0.6 is 0 Å². The van der Waals surface area contributed by atoms with E-state index in [-0.39, 0.29) is 28.7 Å². The lowest BCUT2D eigenvalue weighted by atomic mass is 10.2. The van der Waals surface area contributed by atoms with Crippen molar-refractivity contribution in [3.05, 3.63) is 59.4 Å². The van der Waals surface area contributed by atoms with Gasteiger partial charge in [0.2, 0.25) is 15.9 Å². The summed E-state index contributed by atoms with van der Waals surface area (Å²) in [5, 5.41) is 5.14. The van der Waals surface area contributed by atoms with Crippen molar-refractivity contribution in [3.8, 4) is 0 Å². The van der Waals surface area contributed by atoms with Crippen molar-refractivity contribution in [1.29, 1.82) is 0 Å². The second-order valence-electron chi connectivity index (χ2n) is 6.41. The molecule has 0 aliphatic heterocycles. The summed E-state index contributed by atoms with van der Waals surface area (Å²) in [5.41, 5.74) is 0.921. The zero-order chi connectivity index (χ0) is 20.9. The number of anilines is 1. The Balaban J connectivity index is 2.14. The van der Waals surface area contributed by atoms with E-state index in [1.165, 1.54) is 49.4 Å². The van der Waals surface area contributed by atoms with Gasteiger partial charge in [-0.1, -0.05) is 6.07 Å². The molecule has 2 aromatic rings. The number of carbonyl (C=O) groups is 2. The number of hydrogen-bond donors (Lipinski definition) is 3. The maximum atomic E-state index is 13.3. The fraction of sp³-hybridized carbons (Fsp3) is 0.263. The predicted molar refractivity (Wildman–Crippen MR) is 104 cm³/mol. The number of halogens is 1. The Morgan fingerprint density at radius 1 is 1.14 bits per heavy atom. The Labute approximate surface area is 163 Å².